The number of hydrogen-bond donors (Lipinski definition) is 0. The van der Waals surface area contributed by atoms with Crippen molar-refractivity contribution in [3.05, 3.63) is 237 Å². The zero-order chi connectivity index (χ0) is 56.3. The summed E-state index contributed by atoms with van der Waals surface area (Å²) in [6.07, 6.45) is -5.45. The molecule has 9 rings (SSSR count). The predicted octanol–water partition coefficient (Wildman–Crippen LogP) is 11.2. The molecule has 0 amide bonds. The maximum absolute atomic E-state index is 15.4. The number of Topliss-reactive ketones (excluding diaryl/α,β-unsaturated/α-hetero) is 1. The molecule has 0 fully saturated rings. The molecule has 0 aliphatic heterocycles. The van der Waals surface area contributed by atoms with E-state index in [4.69, 9.17) is 4.74 Å². The molecular weight excluding hydrogens is 1080 g/mol. The first-order chi connectivity index (χ1) is 36.4. The van der Waals surface area contributed by atoms with Gasteiger partial charge in [-0.1, -0.05) is 78.9 Å². The highest BCUT2D eigenvalue weighted by Gasteiger charge is 2.52. The average Bonchev–Trinajstić information content (AvgIpc) is 3.80. The van der Waals surface area contributed by atoms with Crippen LogP contribution in [0, 0.1) is 116 Å². The van der Waals surface area contributed by atoms with Crippen LogP contribution in [-0.2, 0) is 6.54 Å². The van der Waals surface area contributed by atoms with E-state index in [9.17, 15) is 62.3 Å². The monoisotopic (exact) mass is 1100 g/mol. The van der Waals surface area contributed by atoms with Gasteiger partial charge < -0.3 is 4.74 Å². The first kappa shape index (κ1) is 54.5. The van der Waals surface area contributed by atoms with Crippen LogP contribution in [0.2, 0.25) is 0 Å². The van der Waals surface area contributed by atoms with Gasteiger partial charge in [0.05, 0.1) is 5.39 Å². The second kappa shape index (κ2) is 20.7. The first-order valence-corrected chi connectivity index (χ1v) is 21.3. The van der Waals surface area contributed by atoms with E-state index in [-0.39, 0.29) is 12.3 Å². The number of halogens is 20. The van der Waals surface area contributed by atoms with Crippen LogP contribution in [0.15, 0.2) is 109 Å². The normalized spacial score (nSPS) is 11.5. The number of rotatable bonds is 9. The summed E-state index contributed by atoms with van der Waals surface area (Å²) in [5, 5.41) is 1.64. The van der Waals surface area contributed by atoms with Gasteiger partial charge in [0, 0.05) is 11.6 Å². The summed E-state index contributed by atoms with van der Waals surface area (Å²) in [7, 11) is 0. The highest BCUT2D eigenvalue weighted by Crippen LogP contribution is 2.33. The number of nitrogens with zero attached hydrogens (tertiary/aromatic N) is 1. The molecule has 2 aliphatic rings. The summed E-state index contributed by atoms with van der Waals surface area (Å²) in [6, 6.07) is 32.1. The Labute approximate surface area is 416 Å². The molecule has 77 heavy (non-hydrogen) atoms. The number of benzene rings is 6. The summed E-state index contributed by atoms with van der Waals surface area (Å²) in [4.78, 5) is 26.2. The molecule has 0 N–H and O–H groups in total. The number of carbonyl (C=O) groups excluding carboxylic acids is 2. The summed E-state index contributed by atoms with van der Waals surface area (Å²) in [5.74, 6) is -71.5. The molecule has 0 spiro atoms. The maximum Gasteiger partial charge on any atom is 0.409 e. The van der Waals surface area contributed by atoms with Crippen molar-refractivity contribution in [3.63, 3.8) is 0 Å². The van der Waals surface area contributed by atoms with Crippen LogP contribution in [0.5, 0.6) is 5.75 Å². The van der Waals surface area contributed by atoms with Gasteiger partial charge in [0.15, 0.2) is 76.0 Å². The lowest BCUT2D eigenvalue weighted by Crippen LogP contribution is -2.81. The summed E-state index contributed by atoms with van der Waals surface area (Å²) in [6.45, 7) is 0.0398. The summed E-state index contributed by atoms with van der Waals surface area (Å²) >= 11 is 0. The molecule has 1 aromatic heterocycles. The van der Waals surface area contributed by atoms with Gasteiger partial charge in [-0.3, -0.25) is 4.79 Å². The number of hydrogen-bond acceptors (Lipinski definition) is 3. The fourth-order valence-corrected chi connectivity index (χ4v) is 8.76. The molecule has 0 radical (unpaired) electrons. The van der Waals surface area contributed by atoms with Crippen LogP contribution in [0.25, 0.3) is 21.9 Å². The molecule has 0 saturated heterocycles. The van der Waals surface area contributed by atoms with Crippen LogP contribution in [0.1, 0.15) is 20.8 Å². The Kier molecular flexibility index (Phi) is 14.7. The number of pyridine rings is 1. The number of fused-ring (bicyclic) bond motifs is 2. The SMILES string of the molecule is Fc1c(F)c(F)c([B-](c2c(F)c(F)c(F)c(F)c2F)(c2c(F)c(F)c(F)c(F)c2F)c2c(F)c(F)c(F)c(F)c2F)c(F)c1F.O=C(C[n+]1ccc2ccccc2c1C(=O)Oc1cc2cccccc-2c1)c1ccccc1. The molecule has 0 saturated carbocycles. The van der Waals surface area contributed by atoms with E-state index in [0.29, 0.717) is 17.0 Å². The largest absolute Gasteiger partial charge is 0.418 e. The quantitative estimate of drug-likeness (QED) is 0.0275. The van der Waals surface area contributed by atoms with Crippen molar-refractivity contribution < 1.29 is 107 Å². The van der Waals surface area contributed by atoms with Crippen molar-refractivity contribution in [1.82, 2.24) is 0 Å². The van der Waals surface area contributed by atoms with Gasteiger partial charge in [-0.05, 0) is 34.7 Å². The second-order valence-electron chi connectivity index (χ2n) is 16.4. The second-order valence-corrected chi connectivity index (χ2v) is 16.4. The Morgan fingerprint density at radius 1 is 0.377 bits per heavy atom. The van der Waals surface area contributed by atoms with Gasteiger partial charge in [-0.25, -0.2) is 92.6 Å². The standard InChI is InChI=1S/C28H20NO3.C24BF20/c30-26(21-10-3-1-4-11-21)19-29-16-15-20-9-7-8-14-25(20)27(29)28(31)32-24-17-22-12-5-2-6-13-23(22)18-24;26-5-1(6(27)14(35)21(42)13(5)34)25(2-7(28)15(36)22(43)16(37)8(2)29,3-9(30)17(38)23(44)18(39)10(3)31)4-11(32)19(40)24(45)20(41)12(4)33/h1-18H,19H2;/q+1;-1. The van der Waals surface area contributed by atoms with E-state index in [1.807, 2.05) is 91.0 Å². The molecule has 2 aliphatic carbocycles. The molecule has 394 valence electrons. The number of esters is 1. The first-order valence-electron chi connectivity index (χ1n) is 21.3. The van der Waals surface area contributed by atoms with Crippen molar-refractivity contribution in [1.29, 1.82) is 0 Å². The zero-order valence-corrected chi connectivity index (χ0v) is 37.4. The highest BCUT2D eigenvalue weighted by molar-refractivity contribution is 7.20. The van der Waals surface area contributed by atoms with Crippen molar-refractivity contribution >= 4 is 50.5 Å². The molecule has 4 nitrogen and oxygen atoms in total. The van der Waals surface area contributed by atoms with Gasteiger partial charge in [0.2, 0.25) is 12.3 Å². The third-order valence-electron chi connectivity index (χ3n) is 12.2. The predicted molar refractivity (Wildman–Crippen MR) is 232 cm³/mol. The van der Waals surface area contributed by atoms with Crippen molar-refractivity contribution in [3.8, 4) is 16.9 Å². The molecule has 0 atom stereocenters. The Balaban J connectivity index is 0.000000215. The highest BCUT2D eigenvalue weighted by atomic mass is 19.2. The lowest BCUT2D eigenvalue weighted by Gasteiger charge is -2.44. The summed E-state index contributed by atoms with van der Waals surface area (Å²) < 4.78 is 301. The third-order valence-corrected chi connectivity index (χ3v) is 12.2. The molecule has 1 heterocycles. The van der Waals surface area contributed by atoms with Gasteiger partial charge in [0.25, 0.3) is 5.69 Å². The number of ketones is 1. The topological polar surface area (TPSA) is 47.2 Å². The fraction of sp³-hybridized carbons (Fsp3) is 0.0192. The minimum absolute atomic E-state index is 0.0398. The Morgan fingerprint density at radius 2 is 0.688 bits per heavy atom. The van der Waals surface area contributed by atoms with E-state index in [1.165, 1.54) is 0 Å². The molecular formula is C52H20BF20NO3. The molecule has 6 aromatic carbocycles. The van der Waals surface area contributed by atoms with Crippen LogP contribution in [0.4, 0.5) is 87.8 Å². The molecule has 25 heteroatoms. The van der Waals surface area contributed by atoms with Crippen molar-refractivity contribution in [2.75, 3.05) is 0 Å². The van der Waals surface area contributed by atoms with E-state index in [1.54, 1.807) is 22.9 Å². The van der Waals surface area contributed by atoms with Gasteiger partial charge in [-0.2, -0.15) is 4.57 Å². The van der Waals surface area contributed by atoms with E-state index < -0.39 is 150 Å². The van der Waals surface area contributed by atoms with Crippen molar-refractivity contribution in [2.24, 2.45) is 0 Å². The lowest BCUT2D eigenvalue weighted by molar-refractivity contribution is -0.684. The average molecular weight is 1100 g/mol. The lowest BCUT2D eigenvalue weighted by atomic mass is 9.12. The Hall–Kier alpha value is -8.77. The Morgan fingerprint density at radius 3 is 1.05 bits per heavy atom. The van der Waals surface area contributed by atoms with Gasteiger partial charge in [0.1, 0.15) is 58.4 Å². The summed E-state index contributed by atoms with van der Waals surface area (Å²) in [5.41, 5.74) is -11.4. The van der Waals surface area contributed by atoms with E-state index in [2.05, 4.69) is 0 Å². The van der Waals surface area contributed by atoms with Crippen molar-refractivity contribution in [2.45, 2.75) is 6.54 Å². The molecule has 0 unspecified atom stereocenters. The minimum atomic E-state index is -7.22. The number of aromatic nitrogens is 1. The Bertz CT molecular complexity index is 3470. The van der Waals surface area contributed by atoms with Gasteiger partial charge in [-0.15, -0.1) is 21.9 Å². The fourth-order valence-electron chi connectivity index (χ4n) is 8.76. The van der Waals surface area contributed by atoms with Crippen LogP contribution >= 0.6 is 0 Å². The van der Waals surface area contributed by atoms with Crippen LogP contribution in [0.3, 0.4) is 0 Å². The van der Waals surface area contributed by atoms with Gasteiger partial charge >= 0.3 is 5.97 Å². The molecule has 7 aromatic rings. The smallest absolute Gasteiger partial charge is 0.409 e. The minimum Gasteiger partial charge on any atom is -0.418 e. The third kappa shape index (κ3) is 8.91. The molecule has 0 bridgehead atoms. The van der Waals surface area contributed by atoms with E-state index in [0.717, 1.165) is 21.9 Å². The van der Waals surface area contributed by atoms with Crippen LogP contribution < -0.4 is 31.2 Å². The number of ether oxygens (including phenoxy) is 1. The van der Waals surface area contributed by atoms with E-state index >= 15 is 35.1 Å². The maximum atomic E-state index is 15.4. The zero-order valence-electron chi connectivity index (χ0n) is 37.4. The number of carbonyl (C=O) groups is 2. The van der Waals surface area contributed by atoms with Crippen LogP contribution in [-0.4, -0.2) is 17.9 Å².